The average Bonchev–Trinajstić information content (AvgIpc) is 3.05. The van der Waals surface area contributed by atoms with Crippen molar-refractivity contribution in [3.63, 3.8) is 0 Å². The lowest BCUT2D eigenvalue weighted by molar-refractivity contribution is 0.0766. The first-order valence-corrected chi connectivity index (χ1v) is 8.00. The number of nitrogens with one attached hydrogen (secondary N) is 1. The lowest BCUT2D eigenvalue weighted by Crippen LogP contribution is -2.38. The monoisotopic (exact) mass is 303 g/mol. The average molecular weight is 303 g/mol. The SMILES string of the molecule is COc1cccc(-c2cc(C(=O)N3CCSCC3)[nH]n2)c1. The summed E-state index contributed by atoms with van der Waals surface area (Å²) in [6.07, 6.45) is 0. The summed E-state index contributed by atoms with van der Waals surface area (Å²) in [5.41, 5.74) is 2.22. The molecule has 6 heteroatoms. The second-order valence-corrected chi connectivity index (χ2v) is 6.03. The molecule has 1 saturated heterocycles. The molecule has 5 nitrogen and oxygen atoms in total. The summed E-state index contributed by atoms with van der Waals surface area (Å²) in [6.45, 7) is 1.61. The van der Waals surface area contributed by atoms with Crippen molar-refractivity contribution >= 4 is 17.7 Å². The Hall–Kier alpha value is -1.95. The summed E-state index contributed by atoms with van der Waals surface area (Å²) in [4.78, 5) is 14.3. The van der Waals surface area contributed by atoms with E-state index in [1.54, 1.807) is 13.2 Å². The number of nitrogens with zero attached hydrogens (tertiary/aromatic N) is 2. The van der Waals surface area contributed by atoms with Crippen LogP contribution in [0.1, 0.15) is 10.5 Å². The van der Waals surface area contributed by atoms with Crippen LogP contribution in [0, 0.1) is 0 Å². The molecule has 0 unspecified atom stereocenters. The number of amides is 1. The van der Waals surface area contributed by atoms with E-state index in [2.05, 4.69) is 10.2 Å². The Balaban J connectivity index is 1.80. The summed E-state index contributed by atoms with van der Waals surface area (Å²) in [7, 11) is 1.63. The third-order valence-corrected chi connectivity index (χ3v) is 4.41. The van der Waals surface area contributed by atoms with Crippen molar-refractivity contribution in [1.82, 2.24) is 15.1 Å². The van der Waals surface area contributed by atoms with Crippen LogP contribution in [0.15, 0.2) is 30.3 Å². The van der Waals surface area contributed by atoms with Crippen LogP contribution in [-0.4, -0.2) is 52.7 Å². The van der Waals surface area contributed by atoms with Gasteiger partial charge >= 0.3 is 0 Å². The van der Waals surface area contributed by atoms with E-state index in [4.69, 9.17) is 4.74 Å². The van der Waals surface area contributed by atoms with E-state index >= 15 is 0 Å². The van der Waals surface area contributed by atoms with Crippen LogP contribution in [0.2, 0.25) is 0 Å². The van der Waals surface area contributed by atoms with Gasteiger partial charge in [-0.05, 0) is 18.2 Å². The van der Waals surface area contributed by atoms with Crippen LogP contribution < -0.4 is 4.74 Å². The van der Waals surface area contributed by atoms with Crippen molar-refractivity contribution in [2.45, 2.75) is 0 Å². The maximum Gasteiger partial charge on any atom is 0.271 e. The van der Waals surface area contributed by atoms with Gasteiger partial charge in [-0.1, -0.05) is 12.1 Å². The highest BCUT2D eigenvalue weighted by Gasteiger charge is 2.20. The van der Waals surface area contributed by atoms with Gasteiger partial charge in [-0.3, -0.25) is 9.89 Å². The molecule has 1 aliphatic rings. The highest BCUT2D eigenvalue weighted by molar-refractivity contribution is 7.99. The second-order valence-electron chi connectivity index (χ2n) is 4.80. The normalized spacial score (nSPS) is 15.0. The zero-order chi connectivity index (χ0) is 14.7. The molecule has 0 bridgehead atoms. The molecule has 0 atom stereocenters. The number of ether oxygens (including phenoxy) is 1. The van der Waals surface area contributed by atoms with Crippen molar-refractivity contribution < 1.29 is 9.53 Å². The van der Waals surface area contributed by atoms with E-state index in [1.807, 2.05) is 40.9 Å². The predicted molar refractivity (Wildman–Crippen MR) is 83.8 cm³/mol. The maximum absolute atomic E-state index is 12.4. The largest absolute Gasteiger partial charge is 0.497 e. The number of hydrogen-bond donors (Lipinski definition) is 1. The Kier molecular flexibility index (Phi) is 4.15. The molecule has 1 aromatic carbocycles. The van der Waals surface area contributed by atoms with Crippen molar-refractivity contribution in [1.29, 1.82) is 0 Å². The minimum Gasteiger partial charge on any atom is -0.497 e. The molecule has 1 aromatic heterocycles. The molecule has 0 spiro atoms. The molecule has 0 radical (unpaired) electrons. The number of aromatic nitrogens is 2. The third kappa shape index (κ3) is 3.05. The minimum absolute atomic E-state index is 0.0250. The summed E-state index contributed by atoms with van der Waals surface area (Å²) in [5, 5.41) is 7.09. The minimum atomic E-state index is 0.0250. The number of thioether (sulfide) groups is 1. The highest BCUT2D eigenvalue weighted by Crippen LogP contribution is 2.23. The van der Waals surface area contributed by atoms with Crippen LogP contribution in [0.3, 0.4) is 0 Å². The summed E-state index contributed by atoms with van der Waals surface area (Å²) in [5.74, 6) is 2.80. The summed E-state index contributed by atoms with van der Waals surface area (Å²) < 4.78 is 5.21. The molecule has 0 saturated carbocycles. The Morgan fingerprint density at radius 2 is 2.14 bits per heavy atom. The van der Waals surface area contributed by atoms with Crippen molar-refractivity contribution in [2.24, 2.45) is 0 Å². The van der Waals surface area contributed by atoms with E-state index in [1.165, 1.54) is 0 Å². The van der Waals surface area contributed by atoms with Crippen molar-refractivity contribution in [3.8, 4) is 17.0 Å². The first kappa shape index (κ1) is 14.0. The molecule has 2 heterocycles. The van der Waals surface area contributed by atoms with Crippen molar-refractivity contribution in [2.75, 3.05) is 31.7 Å². The molecule has 1 N–H and O–H groups in total. The van der Waals surface area contributed by atoms with Crippen LogP contribution >= 0.6 is 11.8 Å². The standard InChI is InChI=1S/C15H17N3O2S/c1-20-12-4-2-3-11(9-12)13-10-14(17-16-13)15(19)18-5-7-21-8-6-18/h2-4,9-10H,5-8H2,1H3,(H,16,17). The van der Waals surface area contributed by atoms with Gasteiger partial charge in [-0.15, -0.1) is 0 Å². The van der Waals surface area contributed by atoms with Crippen LogP contribution in [0.25, 0.3) is 11.3 Å². The van der Waals surface area contributed by atoms with Gasteiger partial charge in [-0.2, -0.15) is 16.9 Å². The summed E-state index contributed by atoms with van der Waals surface area (Å²) >= 11 is 1.88. The maximum atomic E-state index is 12.4. The number of methoxy groups -OCH3 is 1. The molecule has 1 amide bonds. The topological polar surface area (TPSA) is 58.2 Å². The van der Waals surface area contributed by atoms with Gasteiger partial charge in [0, 0.05) is 30.2 Å². The van der Waals surface area contributed by atoms with Crippen LogP contribution in [0.5, 0.6) is 5.75 Å². The number of benzene rings is 1. The molecule has 1 fully saturated rings. The Morgan fingerprint density at radius 1 is 1.33 bits per heavy atom. The van der Waals surface area contributed by atoms with Crippen LogP contribution in [0.4, 0.5) is 0 Å². The smallest absolute Gasteiger partial charge is 0.271 e. The first-order chi connectivity index (χ1) is 10.3. The van der Waals surface area contributed by atoms with Gasteiger partial charge < -0.3 is 9.64 Å². The summed E-state index contributed by atoms with van der Waals surface area (Å²) in [6, 6.07) is 9.45. The number of rotatable bonds is 3. The molecule has 0 aliphatic carbocycles. The van der Waals surface area contributed by atoms with Gasteiger partial charge in [0.05, 0.1) is 12.8 Å². The zero-order valence-electron chi connectivity index (χ0n) is 11.8. The van der Waals surface area contributed by atoms with Gasteiger partial charge in [-0.25, -0.2) is 0 Å². The van der Waals surface area contributed by atoms with E-state index in [9.17, 15) is 4.79 Å². The van der Waals surface area contributed by atoms with E-state index in [-0.39, 0.29) is 5.91 Å². The Morgan fingerprint density at radius 3 is 2.90 bits per heavy atom. The van der Waals surface area contributed by atoms with E-state index in [0.717, 1.165) is 41.6 Å². The first-order valence-electron chi connectivity index (χ1n) is 6.85. The second kappa shape index (κ2) is 6.22. The quantitative estimate of drug-likeness (QED) is 0.945. The van der Waals surface area contributed by atoms with Crippen molar-refractivity contribution in [3.05, 3.63) is 36.0 Å². The zero-order valence-corrected chi connectivity index (χ0v) is 12.7. The van der Waals surface area contributed by atoms with Gasteiger partial charge in [0.2, 0.25) is 0 Å². The van der Waals surface area contributed by atoms with Gasteiger partial charge in [0.25, 0.3) is 5.91 Å². The number of H-pyrrole nitrogens is 1. The molecule has 21 heavy (non-hydrogen) atoms. The fourth-order valence-electron chi connectivity index (χ4n) is 2.30. The molecule has 110 valence electrons. The molecule has 2 aromatic rings. The van der Waals surface area contributed by atoms with Crippen LogP contribution in [-0.2, 0) is 0 Å². The van der Waals surface area contributed by atoms with E-state index in [0.29, 0.717) is 5.69 Å². The highest BCUT2D eigenvalue weighted by atomic mass is 32.2. The molecular formula is C15H17N3O2S. The third-order valence-electron chi connectivity index (χ3n) is 3.47. The molecule has 1 aliphatic heterocycles. The Bertz CT molecular complexity index is 635. The van der Waals surface area contributed by atoms with Gasteiger partial charge in [0.15, 0.2) is 0 Å². The fourth-order valence-corrected chi connectivity index (χ4v) is 3.20. The number of carbonyl (C=O) groups is 1. The lowest BCUT2D eigenvalue weighted by Gasteiger charge is -2.25. The fraction of sp³-hybridized carbons (Fsp3) is 0.333. The number of hydrogen-bond acceptors (Lipinski definition) is 4. The molecule has 3 rings (SSSR count). The van der Waals surface area contributed by atoms with E-state index < -0.39 is 0 Å². The Labute approximate surface area is 127 Å². The van der Waals surface area contributed by atoms with Gasteiger partial charge in [0.1, 0.15) is 11.4 Å². The molecular weight excluding hydrogens is 286 g/mol. The number of aromatic amines is 1. The lowest BCUT2D eigenvalue weighted by atomic mass is 10.1. The predicted octanol–water partition coefficient (Wildman–Crippen LogP) is 2.27. The number of carbonyl (C=O) groups excluding carboxylic acids is 1.